The van der Waals surface area contributed by atoms with Crippen molar-refractivity contribution in [1.29, 1.82) is 0 Å². The average molecular weight is 282 g/mol. The minimum absolute atomic E-state index is 0.247. The summed E-state index contributed by atoms with van der Waals surface area (Å²) in [6, 6.07) is 0. The number of carbonyl (C=O) groups excluding carboxylic acids is 1. The molecule has 19 heavy (non-hydrogen) atoms. The highest BCUT2D eigenvalue weighted by Gasteiger charge is 2.19. The maximum Gasteiger partial charge on any atom is 0.236 e. The van der Waals surface area contributed by atoms with Crippen LogP contribution in [0.2, 0.25) is 0 Å². The summed E-state index contributed by atoms with van der Waals surface area (Å²) in [4.78, 5) is 21.5. The number of hydrogen-bond acceptors (Lipinski definition) is 5. The van der Waals surface area contributed by atoms with Crippen LogP contribution in [0.3, 0.4) is 0 Å². The van der Waals surface area contributed by atoms with Crippen molar-refractivity contribution in [3.63, 3.8) is 0 Å². The van der Waals surface area contributed by atoms with Crippen molar-refractivity contribution in [3.8, 4) is 0 Å². The van der Waals surface area contributed by atoms with Gasteiger partial charge in [-0.15, -0.1) is 11.3 Å². The fourth-order valence-corrected chi connectivity index (χ4v) is 3.19. The van der Waals surface area contributed by atoms with Gasteiger partial charge in [-0.05, 0) is 26.8 Å². The van der Waals surface area contributed by atoms with E-state index in [1.165, 1.54) is 4.88 Å². The van der Waals surface area contributed by atoms with Gasteiger partial charge in [0.1, 0.15) is 0 Å². The molecule has 0 saturated carbocycles. The summed E-state index contributed by atoms with van der Waals surface area (Å²) in [6.07, 6.45) is 4.19. The lowest BCUT2D eigenvalue weighted by Crippen LogP contribution is -2.36. The van der Waals surface area contributed by atoms with Crippen LogP contribution in [0.25, 0.3) is 0 Å². The normalized spacial score (nSPS) is 15.2. The van der Waals surface area contributed by atoms with Crippen LogP contribution in [-0.4, -0.2) is 53.9 Å². The Hall–Kier alpha value is -1.14. The second kappa shape index (κ2) is 6.86. The molecule has 1 aromatic heterocycles. The van der Waals surface area contributed by atoms with Crippen molar-refractivity contribution in [2.75, 3.05) is 38.5 Å². The summed E-state index contributed by atoms with van der Waals surface area (Å²) in [5.41, 5.74) is 0. The third kappa shape index (κ3) is 4.18. The lowest BCUT2D eigenvalue weighted by atomic mass is 10.4. The Morgan fingerprint density at radius 2 is 2.26 bits per heavy atom. The van der Waals surface area contributed by atoms with E-state index < -0.39 is 0 Å². The number of anilines is 1. The Kier molecular flexibility index (Phi) is 5.15. The van der Waals surface area contributed by atoms with E-state index >= 15 is 0 Å². The first-order chi connectivity index (χ1) is 9.19. The van der Waals surface area contributed by atoms with Crippen molar-refractivity contribution in [3.05, 3.63) is 11.1 Å². The third-order valence-electron chi connectivity index (χ3n) is 3.17. The number of carbonyl (C=O) groups is 1. The number of aromatic nitrogens is 1. The first kappa shape index (κ1) is 14.3. The van der Waals surface area contributed by atoms with E-state index in [0.717, 1.165) is 44.2 Å². The Balaban J connectivity index is 1.79. The zero-order chi connectivity index (χ0) is 13.7. The monoisotopic (exact) mass is 282 g/mol. The average Bonchev–Trinajstić information content (AvgIpc) is 3.00. The van der Waals surface area contributed by atoms with E-state index in [2.05, 4.69) is 22.1 Å². The van der Waals surface area contributed by atoms with Gasteiger partial charge in [-0.25, -0.2) is 4.98 Å². The molecule has 0 aromatic carbocycles. The molecule has 1 N–H and O–H groups in total. The van der Waals surface area contributed by atoms with Gasteiger partial charge in [0.05, 0.1) is 6.54 Å². The molecular formula is C13H22N4OS. The van der Waals surface area contributed by atoms with Gasteiger partial charge in [0.25, 0.3) is 0 Å². The number of amides is 1. The first-order valence-corrected chi connectivity index (χ1v) is 7.65. The quantitative estimate of drug-likeness (QED) is 0.861. The number of nitrogens with one attached hydrogen (secondary N) is 1. The minimum atomic E-state index is 0.247. The molecule has 1 saturated heterocycles. The lowest BCUT2D eigenvalue weighted by molar-refractivity contribution is -0.131. The molecule has 1 aliphatic heterocycles. The fourth-order valence-electron chi connectivity index (χ4n) is 2.23. The summed E-state index contributed by atoms with van der Waals surface area (Å²) in [7, 11) is 1.99. The van der Waals surface area contributed by atoms with E-state index in [0.29, 0.717) is 6.54 Å². The summed E-state index contributed by atoms with van der Waals surface area (Å²) in [5.74, 6) is 0.247. The smallest absolute Gasteiger partial charge is 0.236 e. The molecule has 6 heteroatoms. The SMILES string of the molecule is CCNc1ncc(CN(C)CC(=O)N2CCCC2)s1. The Bertz CT molecular complexity index is 415. The zero-order valence-corrected chi connectivity index (χ0v) is 12.5. The highest BCUT2D eigenvalue weighted by molar-refractivity contribution is 7.15. The molecule has 0 radical (unpaired) electrons. The van der Waals surface area contributed by atoms with E-state index in [4.69, 9.17) is 0 Å². The van der Waals surface area contributed by atoms with Crippen molar-refractivity contribution in [2.24, 2.45) is 0 Å². The van der Waals surface area contributed by atoms with Crippen molar-refractivity contribution in [2.45, 2.75) is 26.3 Å². The topological polar surface area (TPSA) is 48.5 Å². The summed E-state index contributed by atoms with van der Waals surface area (Å²) >= 11 is 1.66. The van der Waals surface area contributed by atoms with Crippen LogP contribution >= 0.6 is 11.3 Å². The molecule has 1 aliphatic rings. The predicted octanol–water partition coefficient (Wildman–Crippen LogP) is 1.63. The highest BCUT2D eigenvalue weighted by atomic mass is 32.1. The number of rotatable bonds is 6. The standard InChI is InChI=1S/C13H22N4OS/c1-3-14-13-15-8-11(19-13)9-16(2)10-12(18)17-6-4-5-7-17/h8H,3-7,9-10H2,1-2H3,(H,14,15). The molecular weight excluding hydrogens is 260 g/mol. The van der Waals surface area contributed by atoms with E-state index in [-0.39, 0.29) is 5.91 Å². The molecule has 0 atom stereocenters. The van der Waals surface area contributed by atoms with E-state index in [1.807, 2.05) is 18.1 Å². The van der Waals surface area contributed by atoms with E-state index in [9.17, 15) is 4.79 Å². The van der Waals surface area contributed by atoms with Crippen LogP contribution in [0.5, 0.6) is 0 Å². The second-order valence-corrected chi connectivity index (χ2v) is 6.04. The Morgan fingerprint density at radius 3 is 2.95 bits per heavy atom. The molecule has 0 bridgehead atoms. The van der Waals surface area contributed by atoms with Crippen molar-refractivity contribution in [1.82, 2.24) is 14.8 Å². The van der Waals surface area contributed by atoms with Crippen molar-refractivity contribution < 1.29 is 4.79 Å². The second-order valence-electron chi connectivity index (χ2n) is 4.92. The molecule has 0 spiro atoms. The van der Waals surface area contributed by atoms with Crippen LogP contribution in [0.15, 0.2) is 6.20 Å². The fraction of sp³-hybridized carbons (Fsp3) is 0.692. The van der Waals surface area contributed by atoms with Crippen LogP contribution in [0.4, 0.5) is 5.13 Å². The minimum Gasteiger partial charge on any atom is -0.362 e. The lowest BCUT2D eigenvalue weighted by Gasteiger charge is -2.20. The third-order valence-corrected chi connectivity index (χ3v) is 4.11. The molecule has 1 fully saturated rings. The zero-order valence-electron chi connectivity index (χ0n) is 11.7. The van der Waals surface area contributed by atoms with Gasteiger partial charge < -0.3 is 10.2 Å². The van der Waals surface area contributed by atoms with Gasteiger partial charge in [0.15, 0.2) is 5.13 Å². The molecule has 1 amide bonds. The van der Waals surface area contributed by atoms with Crippen LogP contribution < -0.4 is 5.32 Å². The highest BCUT2D eigenvalue weighted by Crippen LogP contribution is 2.19. The van der Waals surface area contributed by atoms with Crippen LogP contribution in [-0.2, 0) is 11.3 Å². The molecule has 106 valence electrons. The summed E-state index contributed by atoms with van der Waals surface area (Å²) in [6.45, 7) is 6.07. The molecule has 2 rings (SSSR count). The van der Waals surface area contributed by atoms with Crippen molar-refractivity contribution >= 4 is 22.4 Å². The molecule has 1 aromatic rings. The summed E-state index contributed by atoms with van der Waals surface area (Å²) in [5, 5.41) is 4.16. The van der Waals surface area contributed by atoms with Gasteiger partial charge in [0.2, 0.25) is 5.91 Å². The summed E-state index contributed by atoms with van der Waals surface area (Å²) < 4.78 is 0. The van der Waals surface area contributed by atoms with E-state index in [1.54, 1.807) is 11.3 Å². The number of likely N-dealkylation sites (N-methyl/N-ethyl adjacent to an activating group) is 1. The van der Waals surface area contributed by atoms with Crippen LogP contribution in [0, 0.1) is 0 Å². The van der Waals surface area contributed by atoms with Gasteiger partial charge in [-0.3, -0.25) is 9.69 Å². The molecule has 0 unspecified atom stereocenters. The Labute approximate surface area is 118 Å². The largest absolute Gasteiger partial charge is 0.362 e. The number of thiazole rings is 1. The van der Waals surface area contributed by atoms with Gasteiger partial charge in [-0.1, -0.05) is 0 Å². The maximum absolute atomic E-state index is 12.0. The molecule has 2 heterocycles. The van der Waals surface area contributed by atoms with Gasteiger partial charge in [0, 0.05) is 37.3 Å². The molecule has 5 nitrogen and oxygen atoms in total. The number of nitrogens with zero attached hydrogens (tertiary/aromatic N) is 3. The van der Waals surface area contributed by atoms with Gasteiger partial charge >= 0.3 is 0 Å². The number of likely N-dealkylation sites (tertiary alicyclic amines) is 1. The Morgan fingerprint density at radius 1 is 1.53 bits per heavy atom. The maximum atomic E-state index is 12.0. The predicted molar refractivity (Wildman–Crippen MR) is 78.4 cm³/mol. The van der Waals surface area contributed by atoms with Gasteiger partial charge in [-0.2, -0.15) is 0 Å². The molecule has 0 aliphatic carbocycles. The van der Waals surface area contributed by atoms with Crippen LogP contribution in [0.1, 0.15) is 24.6 Å². The first-order valence-electron chi connectivity index (χ1n) is 6.84. The number of hydrogen-bond donors (Lipinski definition) is 1.